The van der Waals surface area contributed by atoms with Crippen molar-refractivity contribution < 1.29 is 14.3 Å². The highest BCUT2D eigenvalue weighted by Gasteiger charge is 2.12. The topological polar surface area (TPSA) is 131 Å². The number of likely N-dealkylation sites (N-methyl/N-ethyl adjacent to an activating group) is 1. The van der Waals surface area contributed by atoms with Gasteiger partial charge in [-0.1, -0.05) is 26.0 Å². The number of azo groups is 1. The number of hydrogen-bond donors (Lipinski definition) is 3. The lowest BCUT2D eigenvalue weighted by Gasteiger charge is -2.08. The molecule has 0 saturated heterocycles. The fraction of sp³-hybridized carbons (Fsp3) is 0.278. The molecule has 0 atom stereocenters. The smallest absolute Gasteiger partial charge is 0.313 e. The highest BCUT2D eigenvalue weighted by molar-refractivity contribution is 5.91. The summed E-state index contributed by atoms with van der Waals surface area (Å²) in [6.45, 7) is 3.65. The van der Waals surface area contributed by atoms with Crippen molar-refractivity contribution in [3.8, 4) is 5.75 Å². The summed E-state index contributed by atoms with van der Waals surface area (Å²) in [5.41, 5.74) is 6.59. The number of benzene rings is 1. The number of anilines is 2. The molecule has 0 aliphatic heterocycles. The number of carbonyl (C=O) groups excluding carboxylic acids is 2. The van der Waals surface area contributed by atoms with Crippen LogP contribution < -0.4 is 21.1 Å². The van der Waals surface area contributed by atoms with Gasteiger partial charge in [0.15, 0.2) is 11.6 Å². The number of rotatable bonds is 7. The van der Waals surface area contributed by atoms with Gasteiger partial charge in [-0.25, -0.2) is 4.98 Å². The van der Waals surface area contributed by atoms with Crippen molar-refractivity contribution in [2.45, 2.75) is 13.8 Å². The molecule has 0 fully saturated rings. The van der Waals surface area contributed by atoms with Crippen molar-refractivity contribution in [1.29, 1.82) is 0 Å². The highest BCUT2D eigenvalue weighted by atomic mass is 16.5. The predicted molar refractivity (Wildman–Crippen MR) is 102 cm³/mol. The van der Waals surface area contributed by atoms with Gasteiger partial charge in [-0.2, -0.15) is 0 Å². The van der Waals surface area contributed by atoms with Crippen LogP contribution in [0, 0.1) is 5.92 Å². The summed E-state index contributed by atoms with van der Waals surface area (Å²) < 4.78 is 5.32. The van der Waals surface area contributed by atoms with Crippen LogP contribution in [-0.2, 0) is 9.59 Å². The van der Waals surface area contributed by atoms with Crippen LogP contribution in [0.4, 0.5) is 23.0 Å². The van der Waals surface area contributed by atoms with E-state index in [9.17, 15) is 9.59 Å². The van der Waals surface area contributed by atoms with Crippen LogP contribution in [0.5, 0.6) is 5.75 Å². The Bertz CT molecular complexity index is 851. The van der Waals surface area contributed by atoms with Gasteiger partial charge in [0.05, 0.1) is 12.5 Å². The van der Waals surface area contributed by atoms with E-state index in [1.54, 1.807) is 57.3 Å². The van der Waals surface area contributed by atoms with Crippen LogP contribution in [0.25, 0.3) is 0 Å². The summed E-state index contributed by atoms with van der Waals surface area (Å²) in [5.74, 6) is -0.126. The average molecular weight is 370 g/mol. The van der Waals surface area contributed by atoms with Crippen molar-refractivity contribution in [3.05, 3.63) is 36.4 Å². The number of pyridine rings is 1. The summed E-state index contributed by atoms with van der Waals surface area (Å²) in [5, 5.41) is 13.5. The zero-order valence-electron chi connectivity index (χ0n) is 15.4. The van der Waals surface area contributed by atoms with E-state index in [2.05, 4.69) is 25.8 Å². The first-order chi connectivity index (χ1) is 12.9. The molecule has 9 heteroatoms. The normalized spacial score (nSPS) is 11.0. The third-order valence-electron chi connectivity index (χ3n) is 3.32. The van der Waals surface area contributed by atoms with Gasteiger partial charge in [-0.15, -0.1) is 10.2 Å². The van der Waals surface area contributed by atoms with Crippen LogP contribution in [0.2, 0.25) is 0 Å². The first-order valence-electron chi connectivity index (χ1n) is 8.34. The molecule has 0 saturated carbocycles. The van der Waals surface area contributed by atoms with Gasteiger partial charge in [-0.3, -0.25) is 9.59 Å². The number of hydrogen-bond acceptors (Lipinski definition) is 8. The Morgan fingerprint density at radius 3 is 2.52 bits per heavy atom. The van der Waals surface area contributed by atoms with E-state index in [1.807, 2.05) is 0 Å². The summed E-state index contributed by atoms with van der Waals surface area (Å²) in [6.07, 6.45) is 0. The molecule has 1 aromatic carbocycles. The number of amides is 1. The Morgan fingerprint density at radius 2 is 1.85 bits per heavy atom. The average Bonchev–Trinajstić information content (AvgIpc) is 2.62. The van der Waals surface area contributed by atoms with E-state index < -0.39 is 0 Å². The van der Waals surface area contributed by atoms with Crippen LogP contribution >= 0.6 is 0 Å². The molecular weight excluding hydrogens is 348 g/mol. The number of nitrogens with zero attached hydrogens (tertiary/aromatic N) is 3. The number of para-hydroxylation sites is 1. The van der Waals surface area contributed by atoms with Crippen molar-refractivity contribution in [2.75, 3.05) is 24.6 Å². The lowest BCUT2D eigenvalue weighted by atomic mass is 10.2. The fourth-order valence-electron chi connectivity index (χ4n) is 1.93. The summed E-state index contributed by atoms with van der Waals surface area (Å²) in [7, 11) is 1.67. The van der Waals surface area contributed by atoms with Crippen LogP contribution in [0.1, 0.15) is 13.8 Å². The molecule has 1 amide bonds. The molecule has 0 aliphatic rings. The third-order valence-corrected chi connectivity index (χ3v) is 3.32. The Morgan fingerprint density at radius 1 is 1.15 bits per heavy atom. The molecule has 4 N–H and O–H groups in total. The molecule has 2 aromatic rings. The van der Waals surface area contributed by atoms with E-state index >= 15 is 0 Å². The minimum atomic E-state index is -0.361. The van der Waals surface area contributed by atoms with Gasteiger partial charge in [0.2, 0.25) is 5.91 Å². The minimum absolute atomic E-state index is 0.109. The lowest BCUT2D eigenvalue weighted by molar-refractivity contribution is -0.137. The van der Waals surface area contributed by atoms with Crippen LogP contribution in [0.3, 0.4) is 0 Å². The van der Waals surface area contributed by atoms with E-state index in [0.29, 0.717) is 22.9 Å². The van der Waals surface area contributed by atoms with E-state index in [4.69, 9.17) is 10.5 Å². The Kier molecular flexibility index (Phi) is 6.95. The van der Waals surface area contributed by atoms with Crippen molar-refractivity contribution >= 4 is 34.9 Å². The molecule has 9 nitrogen and oxygen atoms in total. The van der Waals surface area contributed by atoms with Crippen LogP contribution in [0.15, 0.2) is 46.6 Å². The quantitative estimate of drug-likeness (QED) is 0.390. The summed E-state index contributed by atoms with van der Waals surface area (Å²) in [6, 6.07) is 9.95. The van der Waals surface area contributed by atoms with Gasteiger partial charge >= 0.3 is 5.97 Å². The molecule has 142 valence electrons. The maximum atomic E-state index is 11.8. The second kappa shape index (κ2) is 9.39. The number of carbonyl (C=O) groups is 2. The molecular formula is C18H22N6O3. The Hall–Kier alpha value is -3.33. The second-order valence-electron chi connectivity index (χ2n) is 5.92. The number of aromatic nitrogens is 1. The number of ether oxygens (including phenoxy) is 1. The molecule has 0 radical (unpaired) electrons. The van der Waals surface area contributed by atoms with Gasteiger partial charge in [0.25, 0.3) is 0 Å². The molecule has 1 heterocycles. The monoisotopic (exact) mass is 370 g/mol. The van der Waals surface area contributed by atoms with Gasteiger partial charge < -0.3 is 21.1 Å². The molecule has 2 rings (SSSR count). The molecule has 27 heavy (non-hydrogen) atoms. The Balaban J connectivity index is 2.16. The molecule has 0 spiro atoms. The first kappa shape index (κ1) is 20.0. The number of nitrogens with one attached hydrogen (secondary N) is 2. The number of nitrogens with two attached hydrogens (primary N) is 1. The van der Waals surface area contributed by atoms with Crippen molar-refractivity contribution in [1.82, 2.24) is 10.3 Å². The molecule has 0 aliphatic carbocycles. The largest absolute Gasteiger partial charge is 0.424 e. The predicted octanol–water partition coefficient (Wildman–Crippen LogP) is 2.80. The maximum absolute atomic E-state index is 11.8. The second-order valence-corrected chi connectivity index (χ2v) is 5.92. The minimum Gasteiger partial charge on any atom is -0.424 e. The first-order valence-corrected chi connectivity index (χ1v) is 8.34. The summed E-state index contributed by atoms with van der Waals surface area (Å²) >= 11 is 0. The Labute approximate surface area is 157 Å². The SMILES string of the molecule is CNCC(=O)Nc1ccc(N=Nc2ccccc2OC(=O)C(C)C)c(N)n1. The zero-order valence-corrected chi connectivity index (χ0v) is 15.4. The molecule has 0 bridgehead atoms. The summed E-state index contributed by atoms with van der Waals surface area (Å²) in [4.78, 5) is 27.4. The zero-order chi connectivity index (χ0) is 19.8. The van der Waals surface area contributed by atoms with Gasteiger partial charge in [0, 0.05) is 0 Å². The van der Waals surface area contributed by atoms with E-state index in [1.165, 1.54) is 0 Å². The molecule has 1 aromatic heterocycles. The van der Waals surface area contributed by atoms with E-state index in [0.717, 1.165) is 0 Å². The number of esters is 1. The highest BCUT2D eigenvalue weighted by Crippen LogP contribution is 2.31. The molecule has 0 unspecified atom stereocenters. The van der Waals surface area contributed by atoms with Crippen molar-refractivity contribution in [2.24, 2.45) is 16.1 Å². The van der Waals surface area contributed by atoms with Crippen LogP contribution in [-0.4, -0.2) is 30.5 Å². The fourth-order valence-corrected chi connectivity index (χ4v) is 1.93. The van der Waals surface area contributed by atoms with Gasteiger partial charge in [-0.05, 0) is 31.3 Å². The van der Waals surface area contributed by atoms with E-state index in [-0.39, 0.29) is 30.2 Å². The third kappa shape index (κ3) is 5.86. The lowest BCUT2D eigenvalue weighted by Crippen LogP contribution is -2.25. The maximum Gasteiger partial charge on any atom is 0.313 e. The van der Waals surface area contributed by atoms with Crippen molar-refractivity contribution in [3.63, 3.8) is 0 Å². The standard InChI is InChI=1S/C18H22N6O3/c1-11(2)18(26)27-14-7-5-4-6-12(14)23-24-13-8-9-15(22-17(13)19)21-16(25)10-20-3/h4-9,11,20H,10H2,1-3H3,(H3,19,21,22,25). The van der Waals surface area contributed by atoms with Gasteiger partial charge in [0.1, 0.15) is 17.2 Å². The number of nitrogen functional groups attached to an aromatic ring is 1.